The van der Waals surface area contributed by atoms with E-state index >= 15 is 0 Å². The van der Waals surface area contributed by atoms with Crippen LogP contribution in [0.1, 0.15) is 16.1 Å². The normalized spacial score (nSPS) is 24.7. The average molecular weight is 242 g/mol. The van der Waals surface area contributed by atoms with Gasteiger partial charge in [-0.3, -0.25) is 9.78 Å². The van der Waals surface area contributed by atoms with Crippen LogP contribution in [-0.2, 0) is 4.79 Å². The van der Waals surface area contributed by atoms with Crippen molar-refractivity contribution in [3.8, 4) is 0 Å². The van der Waals surface area contributed by atoms with Gasteiger partial charge in [0.25, 0.3) is 5.91 Å². The number of aliphatic hydroxyl groups excluding tert-OH is 1. The lowest BCUT2D eigenvalue weighted by atomic mass is 10.2. The number of carboxylic acid groups (broad SMARTS) is 1. The molecule has 0 bridgehead atoms. The number of aliphatic carboxylic acids is 1. The van der Waals surface area contributed by atoms with Gasteiger partial charge >= 0.3 is 5.97 Å². The summed E-state index contributed by atoms with van der Waals surface area (Å²) >= 11 is 1.16. The smallest absolute Gasteiger partial charge is 0.326 e. The fourth-order valence-corrected chi connectivity index (χ4v) is 2.31. The number of carbonyl (C=O) groups excluding carboxylic acids is 1. The Hall–Kier alpha value is -1.47. The Morgan fingerprint density at radius 3 is 2.88 bits per heavy atom. The quantitative estimate of drug-likeness (QED) is 0.749. The summed E-state index contributed by atoms with van der Waals surface area (Å²) in [6.07, 6.45) is 0.717. The van der Waals surface area contributed by atoms with Crippen LogP contribution in [0.2, 0.25) is 0 Å². The Morgan fingerprint density at radius 1 is 1.56 bits per heavy atom. The number of rotatable bonds is 2. The summed E-state index contributed by atoms with van der Waals surface area (Å²) in [5, 5.41) is 18.3. The van der Waals surface area contributed by atoms with Crippen LogP contribution in [0.15, 0.2) is 11.7 Å². The monoisotopic (exact) mass is 242 g/mol. The molecule has 86 valence electrons. The average Bonchev–Trinajstić information content (AvgIpc) is 2.84. The zero-order valence-electron chi connectivity index (χ0n) is 8.24. The van der Waals surface area contributed by atoms with Crippen LogP contribution in [0, 0.1) is 0 Å². The number of thiazole rings is 1. The molecule has 2 heterocycles. The van der Waals surface area contributed by atoms with E-state index in [1.165, 1.54) is 16.6 Å². The molecule has 16 heavy (non-hydrogen) atoms. The minimum atomic E-state index is -1.09. The maximum atomic E-state index is 11.9. The Morgan fingerprint density at radius 2 is 2.31 bits per heavy atom. The van der Waals surface area contributed by atoms with Gasteiger partial charge in [-0.25, -0.2) is 4.79 Å². The molecule has 1 amide bonds. The van der Waals surface area contributed by atoms with Gasteiger partial charge < -0.3 is 15.1 Å². The van der Waals surface area contributed by atoms with E-state index in [0.717, 1.165) is 11.3 Å². The van der Waals surface area contributed by atoms with Crippen molar-refractivity contribution in [3.05, 3.63) is 16.6 Å². The molecule has 0 aliphatic carbocycles. The van der Waals surface area contributed by atoms with Crippen LogP contribution in [-0.4, -0.2) is 50.7 Å². The lowest BCUT2D eigenvalue weighted by Crippen LogP contribution is -2.40. The van der Waals surface area contributed by atoms with Gasteiger partial charge in [0.15, 0.2) is 0 Å². The van der Waals surface area contributed by atoms with Gasteiger partial charge in [-0.05, 0) is 0 Å². The van der Waals surface area contributed by atoms with Gasteiger partial charge in [0.1, 0.15) is 10.9 Å². The number of carboxylic acids is 1. The van der Waals surface area contributed by atoms with Crippen molar-refractivity contribution in [3.63, 3.8) is 0 Å². The largest absolute Gasteiger partial charge is 0.480 e. The molecule has 7 heteroatoms. The van der Waals surface area contributed by atoms with Gasteiger partial charge in [0, 0.05) is 13.0 Å². The number of likely N-dealkylation sites (tertiary alicyclic amines) is 1. The number of hydrogen-bond donors (Lipinski definition) is 2. The highest BCUT2D eigenvalue weighted by atomic mass is 32.1. The molecule has 1 aliphatic heterocycles. The predicted molar refractivity (Wildman–Crippen MR) is 55.2 cm³/mol. The van der Waals surface area contributed by atoms with Crippen molar-refractivity contribution >= 4 is 23.2 Å². The van der Waals surface area contributed by atoms with E-state index in [1.807, 2.05) is 0 Å². The number of carbonyl (C=O) groups is 2. The van der Waals surface area contributed by atoms with Gasteiger partial charge in [0.05, 0.1) is 17.8 Å². The molecule has 1 fully saturated rings. The van der Waals surface area contributed by atoms with E-state index in [-0.39, 0.29) is 18.9 Å². The predicted octanol–water partition coefficient (Wildman–Crippen LogP) is -0.197. The second-order valence-electron chi connectivity index (χ2n) is 3.57. The zero-order valence-corrected chi connectivity index (χ0v) is 9.05. The molecular formula is C9H10N2O4S. The van der Waals surface area contributed by atoms with Gasteiger partial charge in [-0.1, -0.05) is 0 Å². The molecule has 6 nitrogen and oxygen atoms in total. The molecular weight excluding hydrogens is 232 g/mol. The van der Waals surface area contributed by atoms with E-state index < -0.39 is 18.1 Å². The van der Waals surface area contributed by atoms with Crippen LogP contribution in [0.4, 0.5) is 0 Å². The van der Waals surface area contributed by atoms with Crippen molar-refractivity contribution in [2.45, 2.75) is 18.6 Å². The molecule has 0 radical (unpaired) electrons. The highest BCUT2D eigenvalue weighted by Gasteiger charge is 2.39. The van der Waals surface area contributed by atoms with Gasteiger partial charge in [0.2, 0.25) is 0 Å². The Balaban J connectivity index is 2.20. The van der Waals surface area contributed by atoms with Crippen molar-refractivity contribution in [2.75, 3.05) is 6.54 Å². The molecule has 2 N–H and O–H groups in total. The zero-order chi connectivity index (χ0) is 11.7. The molecule has 1 unspecified atom stereocenters. The summed E-state index contributed by atoms with van der Waals surface area (Å²) in [5.41, 5.74) is 1.51. The van der Waals surface area contributed by atoms with E-state index in [2.05, 4.69) is 4.98 Å². The van der Waals surface area contributed by atoms with Crippen molar-refractivity contribution in [2.24, 2.45) is 0 Å². The summed E-state index contributed by atoms with van der Waals surface area (Å²) in [6, 6.07) is -0.940. The highest BCUT2D eigenvalue weighted by molar-refractivity contribution is 7.11. The Kier molecular flexibility index (Phi) is 2.88. The number of hydrogen-bond acceptors (Lipinski definition) is 5. The first kappa shape index (κ1) is 11.0. The molecule has 1 aliphatic rings. The summed E-state index contributed by atoms with van der Waals surface area (Å²) in [7, 11) is 0. The third kappa shape index (κ3) is 1.91. The molecule has 2 atom stereocenters. The first-order chi connectivity index (χ1) is 7.59. The maximum absolute atomic E-state index is 11.9. The number of aliphatic hydroxyl groups is 1. The molecule has 2 rings (SSSR count). The maximum Gasteiger partial charge on any atom is 0.326 e. The van der Waals surface area contributed by atoms with Crippen LogP contribution >= 0.6 is 11.3 Å². The van der Waals surface area contributed by atoms with Crippen molar-refractivity contribution in [1.82, 2.24) is 9.88 Å². The van der Waals surface area contributed by atoms with E-state index in [9.17, 15) is 14.7 Å². The fourth-order valence-electron chi connectivity index (χ4n) is 1.74. The second-order valence-corrected chi connectivity index (χ2v) is 4.45. The molecule has 1 aromatic rings. The number of β-amino-alcohol motifs (C(OH)–C–C–N with tert-alkyl or cyclic N) is 1. The fraction of sp³-hybridized carbons (Fsp3) is 0.444. The SMILES string of the molecule is O=C(O)[C@@H]1CC(O)CN1C(=O)c1cncs1. The second kappa shape index (κ2) is 4.18. The lowest BCUT2D eigenvalue weighted by molar-refractivity contribution is -0.141. The minimum absolute atomic E-state index is 0.0632. The molecule has 0 saturated carbocycles. The number of nitrogens with zero attached hydrogens (tertiary/aromatic N) is 2. The van der Waals surface area contributed by atoms with Crippen LogP contribution in [0.25, 0.3) is 0 Å². The minimum Gasteiger partial charge on any atom is -0.480 e. The third-order valence-corrected chi connectivity index (χ3v) is 3.23. The lowest BCUT2D eigenvalue weighted by Gasteiger charge is -2.19. The molecule has 1 aromatic heterocycles. The first-order valence-electron chi connectivity index (χ1n) is 4.70. The van der Waals surface area contributed by atoms with E-state index in [1.54, 1.807) is 0 Å². The number of amides is 1. The molecule has 1 saturated heterocycles. The standard InChI is InChI=1S/C9H10N2O4S/c12-5-1-6(9(14)15)11(3-5)8(13)7-2-10-4-16-7/h2,4-6,12H,1,3H2,(H,14,15)/t5?,6-/m0/s1. The van der Waals surface area contributed by atoms with Crippen LogP contribution in [0.5, 0.6) is 0 Å². The summed E-state index contributed by atoms with van der Waals surface area (Å²) in [6.45, 7) is 0.0632. The van der Waals surface area contributed by atoms with Gasteiger partial charge in [-0.15, -0.1) is 11.3 Å². The first-order valence-corrected chi connectivity index (χ1v) is 5.58. The number of aromatic nitrogens is 1. The molecule has 0 spiro atoms. The van der Waals surface area contributed by atoms with E-state index in [4.69, 9.17) is 5.11 Å². The molecule has 0 aromatic carbocycles. The van der Waals surface area contributed by atoms with Gasteiger partial charge in [-0.2, -0.15) is 0 Å². The van der Waals surface area contributed by atoms with E-state index in [0.29, 0.717) is 4.88 Å². The van der Waals surface area contributed by atoms with Crippen molar-refractivity contribution < 1.29 is 19.8 Å². The van der Waals surface area contributed by atoms with Crippen LogP contribution in [0.3, 0.4) is 0 Å². The summed E-state index contributed by atoms with van der Waals surface area (Å²) in [5.74, 6) is -1.47. The Labute approximate surface area is 95.1 Å². The van der Waals surface area contributed by atoms with Crippen molar-refractivity contribution in [1.29, 1.82) is 0 Å². The highest BCUT2D eigenvalue weighted by Crippen LogP contribution is 2.22. The summed E-state index contributed by atoms with van der Waals surface area (Å²) < 4.78 is 0. The topological polar surface area (TPSA) is 90.7 Å². The summed E-state index contributed by atoms with van der Waals surface area (Å²) in [4.78, 5) is 28.1. The third-order valence-electron chi connectivity index (χ3n) is 2.47. The van der Waals surface area contributed by atoms with Crippen LogP contribution < -0.4 is 0 Å². The Bertz CT molecular complexity index is 406.